The fraction of sp³-hybridized carbons (Fsp3) is 0.636. The lowest BCUT2D eigenvalue weighted by Gasteiger charge is -2.27. The van der Waals surface area contributed by atoms with Crippen molar-refractivity contribution in [1.82, 2.24) is 0 Å². The van der Waals surface area contributed by atoms with Gasteiger partial charge in [0.1, 0.15) is 0 Å². The van der Waals surface area contributed by atoms with E-state index in [0.29, 0.717) is 5.41 Å². The lowest BCUT2D eigenvalue weighted by molar-refractivity contribution is 0.322. The first-order valence-electron chi connectivity index (χ1n) is 4.61. The molecule has 0 atom stereocenters. The predicted octanol–water partition coefficient (Wildman–Crippen LogP) is 3.70. The van der Waals surface area contributed by atoms with Crippen molar-refractivity contribution < 1.29 is 0 Å². The summed E-state index contributed by atoms with van der Waals surface area (Å²) in [5.74, 6) is 0. The molecule has 0 bridgehead atoms. The summed E-state index contributed by atoms with van der Waals surface area (Å²) in [4.78, 5) is 0. The highest BCUT2D eigenvalue weighted by atomic mass is 14.3. The van der Waals surface area contributed by atoms with Gasteiger partial charge in [0.2, 0.25) is 0 Å². The van der Waals surface area contributed by atoms with Crippen LogP contribution in [0.1, 0.15) is 39.0 Å². The topological polar surface area (TPSA) is 0 Å². The average Bonchev–Trinajstić information content (AvgIpc) is 2.30. The van der Waals surface area contributed by atoms with Crippen molar-refractivity contribution >= 4 is 0 Å². The number of allylic oxidation sites excluding steroid dienone is 3. The van der Waals surface area contributed by atoms with Crippen LogP contribution in [-0.2, 0) is 0 Å². The second kappa shape index (κ2) is 3.75. The fourth-order valence-corrected chi connectivity index (χ4v) is 1.80. The second-order valence-electron chi connectivity index (χ2n) is 3.47. The van der Waals surface area contributed by atoms with Crippen LogP contribution in [0.3, 0.4) is 0 Å². The molecule has 11 heavy (non-hydrogen) atoms. The van der Waals surface area contributed by atoms with Crippen LogP contribution < -0.4 is 0 Å². The zero-order valence-electron chi connectivity index (χ0n) is 7.47. The van der Waals surface area contributed by atoms with Crippen molar-refractivity contribution in [3.63, 3.8) is 0 Å². The van der Waals surface area contributed by atoms with Gasteiger partial charge in [0.15, 0.2) is 0 Å². The van der Waals surface area contributed by atoms with Gasteiger partial charge >= 0.3 is 0 Å². The van der Waals surface area contributed by atoms with Gasteiger partial charge in [0.25, 0.3) is 0 Å². The Labute approximate surface area is 70.0 Å². The number of hydrogen-bond donors (Lipinski definition) is 0. The Kier molecular flexibility index (Phi) is 2.92. The standard InChI is InChI=1S/C11H18/c1-3-11(4-2)9-7-5-6-8-10-11/h3,5-6H,1,4,7-10H2,2H3. The van der Waals surface area contributed by atoms with Crippen LogP contribution >= 0.6 is 0 Å². The first kappa shape index (κ1) is 8.58. The van der Waals surface area contributed by atoms with E-state index in [4.69, 9.17) is 0 Å². The SMILES string of the molecule is C=CC1(CC)CCC=CCC1. The molecule has 0 aromatic carbocycles. The molecule has 0 aliphatic heterocycles. The lowest BCUT2D eigenvalue weighted by atomic mass is 9.78. The van der Waals surface area contributed by atoms with Crippen molar-refractivity contribution in [3.8, 4) is 0 Å². The van der Waals surface area contributed by atoms with Crippen LogP contribution in [0.2, 0.25) is 0 Å². The van der Waals surface area contributed by atoms with Crippen molar-refractivity contribution in [3.05, 3.63) is 24.8 Å². The molecule has 0 aromatic rings. The largest absolute Gasteiger partial charge is 0.103 e. The van der Waals surface area contributed by atoms with Crippen LogP contribution in [0.4, 0.5) is 0 Å². The number of rotatable bonds is 2. The molecule has 0 aromatic heterocycles. The highest BCUT2D eigenvalue weighted by Gasteiger charge is 2.23. The van der Waals surface area contributed by atoms with Crippen molar-refractivity contribution in [2.45, 2.75) is 39.0 Å². The third-order valence-corrected chi connectivity index (χ3v) is 2.92. The van der Waals surface area contributed by atoms with E-state index in [1.165, 1.54) is 32.1 Å². The van der Waals surface area contributed by atoms with Gasteiger partial charge in [-0.3, -0.25) is 0 Å². The van der Waals surface area contributed by atoms with Crippen LogP contribution in [0.25, 0.3) is 0 Å². The van der Waals surface area contributed by atoms with Gasteiger partial charge in [0.05, 0.1) is 0 Å². The maximum Gasteiger partial charge on any atom is -0.0118 e. The van der Waals surface area contributed by atoms with Gasteiger partial charge in [-0.05, 0) is 37.5 Å². The summed E-state index contributed by atoms with van der Waals surface area (Å²) in [7, 11) is 0. The summed E-state index contributed by atoms with van der Waals surface area (Å²) in [6.07, 6.45) is 13.1. The summed E-state index contributed by atoms with van der Waals surface area (Å²) < 4.78 is 0. The molecule has 0 unspecified atom stereocenters. The first-order valence-corrected chi connectivity index (χ1v) is 4.61. The van der Waals surface area contributed by atoms with Gasteiger partial charge in [-0.2, -0.15) is 0 Å². The Morgan fingerprint density at radius 1 is 1.36 bits per heavy atom. The molecule has 0 N–H and O–H groups in total. The minimum Gasteiger partial charge on any atom is -0.103 e. The summed E-state index contributed by atoms with van der Waals surface area (Å²) >= 11 is 0. The van der Waals surface area contributed by atoms with E-state index >= 15 is 0 Å². The molecule has 1 aliphatic rings. The molecule has 0 amide bonds. The maximum absolute atomic E-state index is 3.94. The van der Waals surface area contributed by atoms with E-state index in [-0.39, 0.29) is 0 Å². The Hall–Kier alpha value is -0.520. The molecule has 1 rings (SSSR count). The number of hydrogen-bond acceptors (Lipinski definition) is 0. The zero-order chi connectivity index (χ0) is 8.16. The van der Waals surface area contributed by atoms with E-state index in [1.54, 1.807) is 0 Å². The molecule has 0 fully saturated rings. The van der Waals surface area contributed by atoms with E-state index in [9.17, 15) is 0 Å². The highest BCUT2D eigenvalue weighted by molar-refractivity contribution is 5.00. The maximum atomic E-state index is 3.94. The molecule has 1 aliphatic carbocycles. The molecule has 0 saturated carbocycles. The van der Waals surface area contributed by atoms with Crippen molar-refractivity contribution in [2.24, 2.45) is 5.41 Å². The third kappa shape index (κ3) is 1.95. The quantitative estimate of drug-likeness (QED) is 0.526. The van der Waals surface area contributed by atoms with E-state index in [0.717, 1.165) is 0 Å². The molecular formula is C11H18. The molecule has 0 heterocycles. The van der Waals surface area contributed by atoms with Crippen LogP contribution in [0, 0.1) is 5.41 Å². The smallest absolute Gasteiger partial charge is 0.0118 e. The second-order valence-corrected chi connectivity index (χ2v) is 3.47. The van der Waals surface area contributed by atoms with Crippen LogP contribution in [0.5, 0.6) is 0 Å². The minimum absolute atomic E-state index is 0.448. The normalized spacial score (nSPS) is 22.6. The van der Waals surface area contributed by atoms with Crippen molar-refractivity contribution in [2.75, 3.05) is 0 Å². The monoisotopic (exact) mass is 150 g/mol. The Balaban J connectivity index is 2.60. The molecular weight excluding hydrogens is 132 g/mol. The van der Waals surface area contributed by atoms with Gasteiger partial charge in [-0.1, -0.05) is 25.2 Å². The van der Waals surface area contributed by atoms with Gasteiger partial charge in [0, 0.05) is 0 Å². The Morgan fingerprint density at radius 3 is 2.27 bits per heavy atom. The van der Waals surface area contributed by atoms with Crippen molar-refractivity contribution in [1.29, 1.82) is 0 Å². The van der Waals surface area contributed by atoms with Crippen LogP contribution in [-0.4, -0.2) is 0 Å². The minimum atomic E-state index is 0.448. The molecule has 62 valence electrons. The lowest BCUT2D eigenvalue weighted by Crippen LogP contribution is -2.14. The first-order chi connectivity index (χ1) is 5.33. The summed E-state index contributed by atoms with van der Waals surface area (Å²) in [6.45, 7) is 6.21. The molecule has 0 saturated heterocycles. The summed E-state index contributed by atoms with van der Waals surface area (Å²) in [5, 5.41) is 0. The van der Waals surface area contributed by atoms with Crippen LogP contribution in [0.15, 0.2) is 24.8 Å². The summed E-state index contributed by atoms with van der Waals surface area (Å²) in [6, 6.07) is 0. The Morgan fingerprint density at radius 2 is 1.91 bits per heavy atom. The molecule has 0 spiro atoms. The summed E-state index contributed by atoms with van der Waals surface area (Å²) in [5.41, 5.74) is 0.448. The predicted molar refractivity (Wildman–Crippen MR) is 50.5 cm³/mol. The molecule has 0 nitrogen and oxygen atoms in total. The average molecular weight is 150 g/mol. The van der Waals surface area contributed by atoms with E-state index < -0.39 is 0 Å². The molecule has 0 radical (unpaired) electrons. The highest BCUT2D eigenvalue weighted by Crippen LogP contribution is 2.36. The zero-order valence-corrected chi connectivity index (χ0v) is 7.47. The van der Waals surface area contributed by atoms with Gasteiger partial charge in [-0.15, -0.1) is 6.58 Å². The Bertz CT molecular complexity index is 143. The van der Waals surface area contributed by atoms with E-state index in [1.807, 2.05) is 0 Å². The van der Waals surface area contributed by atoms with Gasteiger partial charge in [-0.25, -0.2) is 0 Å². The fourth-order valence-electron chi connectivity index (χ4n) is 1.80. The van der Waals surface area contributed by atoms with Gasteiger partial charge < -0.3 is 0 Å². The van der Waals surface area contributed by atoms with E-state index in [2.05, 4.69) is 31.7 Å². The third-order valence-electron chi connectivity index (χ3n) is 2.92. The molecule has 0 heteroatoms.